The van der Waals surface area contributed by atoms with Crippen molar-refractivity contribution in [2.75, 3.05) is 51.2 Å². The van der Waals surface area contributed by atoms with Crippen molar-refractivity contribution in [2.45, 2.75) is 20.4 Å². The van der Waals surface area contributed by atoms with Crippen LogP contribution in [0.1, 0.15) is 17.0 Å². The Balaban J connectivity index is 1.39. The maximum absolute atomic E-state index is 4.28. The molecule has 1 saturated heterocycles. The second kappa shape index (κ2) is 9.54. The highest BCUT2D eigenvalue weighted by molar-refractivity contribution is 5.79. The molecule has 0 unspecified atom stereocenters. The van der Waals surface area contributed by atoms with Gasteiger partial charge in [0.15, 0.2) is 5.96 Å². The van der Waals surface area contributed by atoms with Gasteiger partial charge in [0.05, 0.1) is 6.54 Å². The van der Waals surface area contributed by atoms with Crippen LogP contribution < -0.4 is 15.5 Å². The van der Waals surface area contributed by atoms with Crippen LogP contribution in [0.3, 0.4) is 0 Å². The molecule has 0 radical (unpaired) electrons. The van der Waals surface area contributed by atoms with Gasteiger partial charge in [0.25, 0.3) is 0 Å². The van der Waals surface area contributed by atoms with E-state index in [1.165, 1.54) is 16.8 Å². The normalized spacial score (nSPS) is 15.7. The molecule has 0 saturated carbocycles. The van der Waals surface area contributed by atoms with Crippen LogP contribution in [-0.2, 0) is 13.6 Å². The first-order valence-corrected chi connectivity index (χ1v) is 9.89. The lowest BCUT2D eigenvalue weighted by molar-refractivity contribution is 0.261. The van der Waals surface area contributed by atoms with E-state index in [-0.39, 0.29) is 0 Å². The molecule has 0 bridgehead atoms. The number of benzene rings is 1. The molecule has 0 amide bonds. The van der Waals surface area contributed by atoms with Gasteiger partial charge in [-0.2, -0.15) is 5.10 Å². The summed E-state index contributed by atoms with van der Waals surface area (Å²) in [7, 11) is 3.67. The summed E-state index contributed by atoms with van der Waals surface area (Å²) in [6.07, 6.45) is 1.56. The molecule has 0 spiro atoms. The van der Waals surface area contributed by atoms with Crippen LogP contribution >= 0.6 is 0 Å². The van der Waals surface area contributed by atoms with Crippen molar-refractivity contribution in [3.63, 3.8) is 0 Å². The van der Waals surface area contributed by atoms with Gasteiger partial charge in [-0.1, -0.05) is 12.1 Å². The minimum absolute atomic E-state index is 0.602. The van der Waals surface area contributed by atoms with Crippen LogP contribution in [0.5, 0.6) is 0 Å². The minimum Gasteiger partial charge on any atom is -0.369 e. The Kier molecular flexibility index (Phi) is 6.86. The van der Waals surface area contributed by atoms with E-state index >= 15 is 0 Å². The molecule has 28 heavy (non-hydrogen) atoms. The predicted molar refractivity (Wildman–Crippen MR) is 114 cm³/mol. The van der Waals surface area contributed by atoms with Crippen molar-refractivity contribution in [2.24, 2.45) is 12.0 Å². The molecule has 0 atom stereocenters. The van der Waals surface area contributed by atoms with Gasteiger partial charge in [0.1, 0.15) is 12.2 Å². The average Bonchev–Trinajstić information content (AvgIpc) is 3.12. The molecule has 1 aromatic heterocycles. The number of piperazine rings is 1. The summed E-state index contributed by atoms with van der Waals surface area (Å²) in [5, 5.41) is 10.7. The fourth-order valence-electron chi connectivity index (χ4n) is 3.49. The van der Waals surface area contributed by atoms with E-state index < -0.39 is 0 Å². The molecule has 8 nitrogen and oxygen atoms in total. The molecule has 2 heterocycles. The standard InChI is InChI=1S/C20H32N8/c1-16-6-5-7-18(17(16)2)28-12-10-27(11-13-28)9-8-22-20(21-3)23-14-19-24-15-25-26(19)4/h5-7,15H,8-14H2,1-4H3,(H2,21,22,23). The number of anilines is 1. The van der Waals surface area contributed by atoms with Gasteiger partial charge in [-0.25, -0.2) is 4.98 Å². The fraction of sp³-hybridized carbons (Fsp3) is 0.550. The van der Waals surface area contributed by atoms with Crippen molar-refractivity contribution in [3.8, 4) is 0 Å². The third-order valence-corrected chi connectivity index (χ3v) is 5.45. The zero-order chi connectivity index (χ0) is 19.9. The lowest BCUT2D eigenvalue weighted by Gasteiger charge is -2.37. The van der Waals surface area contributed by atoms with E-state index in [2.05, 4.69) is 67.6 Å². The lowest BCUT2D eigenvalue weighted by atomic mass is 10.1. The molecule has 1 aliphatic rings. The molecular weight excluding hydrogens is 352 g/mol. The Morgan fingerprint density at radius 1 is 1.14 bits per heavy atom. The van der Waals surface area contributed by atoms with Gasteiger partial charge < -0.3 is 15.5 Å². The van der Waals surface area contributed by atoms with Gasteiger partial charge >= 0.3 is 0 Å². The van der Waals surface area contributed by atoms with Crippen LogP contribution in [0.2, 0.25) is 0 Å². The summed E-state index contributed by atoms with van der Waals surface area (Å²) in [5.41, 5.74) is 4.14. The first kappa shape index (κ1) is 20.1. The first-order valence-electron chi connectivity index (χ1n) is 9.89. The van der Waals surface area contributed by atoms with Gasteiger partial charge in [-0.3, -0.25) is 14.6 Å². The molecule has 152 valence electrons. The molecule has 8 heteroatoms. The third-order valence-electron chi connectivity index (χ3n) is 5.45. The quantitative estimate of drug-likeness (QED) is 0.570. The highest BCUT2D eigenvalue weighted by Gasteiger charge is 2.18. The van der Waals surface area contributed by atoms with Crippen molar-refractivity contribution in [1.82, 2.24) is 30.3 Å². The molecule has 2 aromatic rings. The average molecular weight is 385 g/mol. The molecule has 2 N–H and O–H groups in total. The summed E-state index contributed by atoms with van der Waals surface area (Å²) in [5.74, 6) is 1.67. The van der Waals surface area contributed by atoms with Crippen LogP contribution in [-0.4, -0.2) is 71.9 Å². The highest BCUT2D eigenvalue weighted by atomic mass is 15.3. The monoisotopic (exact) mass is 384 g/mol. The Labute approximate surface area is 167 Å². The maximum atomic E-state index is 4.28. The van der Waals surface area contributed by atoms with Gasteiger partial charge in [-0.15, -0.1) is 0 Å². The Bertz CT molecular complexity index is 789. The lowest BCUT2D eigenvalue weighted by Crippen LogP contribution is -2.49. The smallest absolute Gasteiger partial charge is 0.191 e. The van der Waals surface area contributed by atoms with Gasteiger partial charge in [0, 0.05) is 59.1 Å². The minimum atomic E-state index is 0.602. The molecule has 0 aliphatic carbocycles. The van der Waals surface area contributed by atoms with E-state index in [4.69, 9.17) is 0 Å². The zero-order valence-corrected chi connectivity index (χ0v) is 17.4. The van der Waals surface area contributed by atoms with E-state index in [0.717, 1.165) is 51.1 Å². The Morgan fingerprint density at radius 2 is 1.93 bits per heavy atom. The Hall–Kier alpha value is -2.61. The number of hydrogen-bond acceptors (Lipinski definition) is 5. The van der Waals surface area contributed by atoms with Crippen LogP contribution in [0.4, 0.5) is 5.69 Å². The third kappa shape index (κ3) is 5.01. The number of guanidine groups is 1. The molecule has 3 rings (SSSR count). The second-order valence-corrected chi connectivity index (χ2v) is 7.20. The Morgan fingerprint density at radius 3 is 2.61 bits per heavy atom. The van der Waals surface area contributed by atoms with Gasteiger partial charge in [0.2, 0.25) is 0 Å². The van der Waals surface area contributed by atoms with Gasteiger partial charge in [-0.05, 0) is 31.0 Å². The molecule has 1 aliphatic heterocycles. The summed E-state index contributed by atoms with van der Waals surface area (Å²) >= 11 is 0. The zero-order valence-electron chi connectivity index (χ0n) is 17.4. The SMILES string of the molecule is CN=C(NCCN1CCN(c2cccc(C)c2C)CC1)NCc1ncnn1C. The number of rotatable bonds is 6. The van der Waals surface area contributed by atoms with E-state index in [9.17, 15) is 0 Å². The number of nitrogens with one attached hydrogen (secondary N) is 2. The molecule has 1 aromatic carbocycles. The van der Waals surface area contributed by atoms with E-state index in [1.807, 2.05) is 7.05 Å². The largest absolute Gasteiger partial charge is 0.369 e. The topological polar surface area (TPSA) is 73.6 Å². The summed E-state index contributed by atoms with van der Waals surface area (Å²) in [4.78, 5) is 13.5. The number of hydrogen-bond donors (Lipinski definition) is 2. The van der Waals surface area contributed by atoms with Crippen LogP contribution in [0.25, 0.3) is 0 Å². The van der Waals surface area contributed by atoms with Crippen molar-refractivity contribution >= 4 is 11.6 Å². The number of nitrogens with zero attached hydrogens (tertiary/aromatic N) is 6. The van der Waals surface area contributed by atoms with Crippen LogP contribution in [0.15, 0.2) is 29.5 Å². The molecular formula is C20H32N8. The summed E-state index contributed by atoms with van der Waals surface area (Å²) in [6, 6.07) is 6.59. The summed E-state index contributed by atoms with van der Waals surface area (Å²) in [6.45, 7) is 11.2. The predicted octanol–water partition coefficient (Wildman–Crippen LogP) is 0.919. The van der Waals surface area contributed by atoms with Crippen molar-refractivity contribution in [3.05, 3.63) is 41.5 Å². The van der Waals surface area contributed by atoms with Crippen molar-refractivity contribution in [1.29, 1.82) is 0 Å². The fourth-order valence-corrected chi connectivity index (χ4v) is 3.49. The first-order chi connectivity index (χ1) is 13.6. The number of aromatic nitrogens is 3. The van der Waals surface area contributed by atoms with E-state index in [0.29, 0.717) is 6.54 Å². The number of aliphatic imine (C=N–C) groups is 1. The highest BCUT2D eigenvalue weighted by Crippen LogP contribution is 2.23. The van der Waals surface area contributed by atoms with Crippen molar-refractivity contribution < 1.29 is 0 Å². The molecule has 1 fully saturated rings. The number of aryl methyl sites for hydroxylation is 2. The van der Waals surface area contributed by atoms with Crippen LogP contribution in [0, 0.1) is 13.8 Å². The summed E-state index contributed by atoms with van der Waals surface area (Å²) < 4.78 is 1.76. The second-order valence-electron chi connectivity index (χ2n) is 7.20. The maximum Gasteiger partial charge on any atom is 0.191 e. The van der Waals surface area contributed by atoms with E-state index in [1.54, 1.807) is 18.1 Å².